The van der Waals surface area contributed by atoms with E-state index in [9.17, 15) is 4.79 Å². The van der Waals surface area contributed by atoms with Gasteiger partial charge in [-0.2, -0.15) is 0 Å². The second kappa shape index (κ2) is 6.34. The topological polar surface area (TPSA) is 50.8 Å². The third-order valence-electron chi connectivity index (χ3n) is 4.93. The molecule has 0 aliphatic carbocycles. The molecule has 1 amide bonds. The summed E-state index contributed by atoms with van der Waals surface area (Å²) in [5, 5.41) is 3.46. The van der Waals surface area contributed by atoms with Gasteiger partial charge in [-0.15, -0.1) is 12.4 Å². The molecule has 6 heteroatoms. The van der Waals surface area contributed by atoms with Gasteiger partial charge in [-0.25, -0.2) is 0 Å². The van der Waals surface area contributed by atoms with Gasteiger partial charge in [0.05, 0.1) is 0 Å². The summed E-state index contributed by atoms with van der Waals surface area (Å²) in [6.45, 7) is 4.17. The number of halogens is 1. The normalized spacial score (nSPS) is 26.1. The maximum atomic E-state index is 12.7. The van der Waals surface area contributed by atoms with E-state index in [-0.39, 0.29) is 25.1 Å². The maximum absolute atomic E-state index is 12.7. The third-order valence-corrected chi connectivity index (χ3v) is 4.93. The van der Waals surface area contributed by atoms with Crippen molar-refractivity contribution < 1.29 is 14.3 Å². The van der Waals surface area contributed by atoms with E-state index in [0.29, 0.717) is 11.3 Å². The molecule has 2 saturated heterocycles. The summed E-state index contributed by atoms with van der Waals surface area (Å²) in [4.78, 5) is 14.7. The summed E-state index contributed by atoms with van der Waals surface area (Å²) >= 11 is 0. The molecule has 5 nitrogen and oxygen atoms in total. The number of fused-ring (bicyclic) bond motifs is 2. The summed E-state index contributed by atoms with van der Waals surface area (Å²) in [5.41, 5.74) is 0.699. The number of benzene rings is 1. The standard InChI is InChI=1S/C16H20N2O3.ClH/c19-16(11-1-2-14-15(7-11)21-10-20-14)18-5-3-12-8-17-9-13(12)4-6-18;/h1-2,7,12-13,17H,3-6,8-10H2;1H/t12-,13+;. The molecule has 3 aliphatic rings. The van der Waals surface area contributed by atoms with Crippen LogP contribution in [0.5, 0.6) is 11.5 Å². The Bertz CT molecular complexity index is 552. The van der Waals surface area contributed by atoms with Gasteiger partial charge in [-0.3, -0.25) is 4.79 Å². The fraction of sp³-hybridized carbons (Fsp3) is 0.562. The van der Waals surface area contributed by atoms with Gasteiger partial charge in [0.25, 0.3) is 5.91 Å². The molecule has 1 aromatic rings. The van der Waals surface area contributed by atoms with Gasteiger partial charge >= 0.3 is 0 Å². The highest BCUT2D eigenvalue weighted by atomic mass is 35.5. The summed E-state index contributed by atoms with van der Waals surface area (Å²) in [5.74, 6) is 2.99. The zero-order valence-corrected chi connectivity index (χ0v) is 13.2. The monoisotopic (exact) mass is 324 g/mol. The van der Waals surface area contributed by atoms with E-state index in [1.165, 1.54) is 0 Å². The first-order valence-corrected chi connectivity index (χ1v) is 7.71. The zero-order valence-electron chi connectivity index (χ0n) is 12.4. The van der Waals surface area contributed by atoms with E-state index in [1.54, 1.807) is 6.07 Å². The summed E-state index contributed by atoms with van der Waals surface area (Å²) in [6.07, 6.45) is 2.21. The fourth-order valence-corrected chi connectivity index (χ4v) is 3.63. The van der Waals surface area contributed by atoms with E-state index in [1.807, 2.05) is 17.0 Å². The Labute approximate surface area is 136 Å². The highest BCUT2D eigenvalue weighted by Crippen LogP contribution is 2.33. The molecule has 22 heavy (non-hydrogen) atoms. The Morgan fingerprint density at radius 2 is 1.77 bits per heavy atom. The van der Waals surface area contributed by atoms with Crippen LogP contribution in [-0.2, 0) is 0 Å². The molecule has 2 atom stereocenters. The third kappa shape index (κ3) is 2.75. The zero-order chi connectivity index (χ0) is 14.2. The Kier molecular flexibility index (Phi) is 4.45. The molecule has 0 spiro atoms. The average molecular weight is 325 g/mol. The van der Waals surface area contributed by atoms with E-state index >= 15 is 0 Å². The molecular weight excluding hydrogens is 304 g/mol. The quantitative estimate of drug-likeness (QED) is 0.857. The van der Waals surface area contributed by atoms with Crippen molar-refractivity contribution in [3.05, 3.63) is 23.8 Å². The predicted octanol–water partition coefficient (Wildman–Crippen LogP) is 1.91. The number of likely N-dealkylation sites (tertiary alicyclic amines) is 1. The first-order chi connectivity index (χ1) is 10.3. The lowest BCUT2D eigenvalue weighted by molar-refractivity contribution is 0.0758. The van der Waals surface area contributed by atoms with E-state index in [0.717, 1.165) is 56.6 Å². The summed E-state index contributed by atoms with van der Waals surface area (Å²) < 4.78 is 10.7. The van der Waals surface area contributed by atoms with Crippen molar-refractivity contribution in [2.45, 2.75) is 12.8 Å². The second-order valence-corrected chi connectivity index (χ2v) is 6.12. The van der Waals surface area contributed by atoms with Crippen LogP contribution in [0.3, 0.4) is 0 Å². The van der Waals surface area contributed by atoms with Crippen LogP contribution in [0.15, 0.2) is 18.2 Å². The molecule has 2 fully saturated rings. The largest absolute Gasteiger partial charge is 0.454 e. The minimum atomic E-state index is 0. The number of carbonyl (C=O) groups excluding carboxylic acids is 1. The van der Waals surface area contributed by atoms with Gasteiger partial charge in [-0.1, -0.05) is 0 Å². The molecule has 3 heterocycles. The fourth-order valence-electron chi connectivity index (χ4n) is 3.63. The van der Waals surface area contributed by atoms with Gasteiger partial charge in [0, 0.05) is 18.7 Å². The predicted molar refractivity (Wildman–Crippen MR) is 84.8 cm³/mol. The first-order valence-electron chi connectivity index (χ1n) is 7.71. The van der Waals surface area contributed by atoms with Crippen LogP contribution in [0.2, 0.25) is 0 Å². The van der Waals surface area contributed by atoms with Crippen molar-refractivity contribution in [2.75, 3.05) is 33.0 Å². The molecule has 120 valence electrons. The van der Waals surface area contributed by atoms with Crippen LogP contribution in [0.1, 0.15) is 23.2 Å². The number of rotatable bonds is 1. The molecule has 0 unspecified atom stereocenters. The van der Waals surface area contributed by atoms with Gasteiger partial charge in [0.2, 0.25) is 6.79 Å². The Hall–Kier alpha value is -1.46. The van der Waals surface area contributed by atoms with Crippen molar-refractivity contribution in [1.82, 2.24) is 10.2 Å². The SMILES string of the molecule is Cl.O=C(c1ccc2c(c1)OCO2)N1CC[C@@H]2CNC[C@@H]2CC1. The van der Waals surface area contributed by atoms with Crippen molar-refractivity contribution in [3.63, 3.8) is 0 Å². The van der Waals surface area contributed by atoms with Gasteiger partial charge in [0.1, 0.15) is 0 Å². The average Bonchev–Trinajstić information content (AvgIpc) is 3.11. The first kappa shape index (κ1) is 15.4. The van der Waals surface area contributed by atoms with Gasteiger partial charge in [-0.05, 0) is 56.0 Å². The number of hydrogen-bond donors (Lipinski definition) is 1. The van der Waals surface area contributed by atoms with Crippen LogP contribution in [0.25, 0.3) is 0 Å². The van der Waals surface area contributed by atoms with Crippen LogP contribution in [0, 0.1) is 11.8 Å². The lowest BCUT2D eigenvalue weighted by Gasteiger charge is -2.21. The van der Waals surface area contributed by atoms with Crippen LogP contribution in [0.4, 0.5) is 0 Å². The molecule has 3 aliphatic heterocycles. The van der Waals surface area contributed by atoms with Gasteiger partial charge in [0.15, 0.2) is 11.5 Å². The second-order valence-electron chi connectivity index (χ2n) is 6.12. The molecule has 0 aromatic heterocycles. The van der Waals surface area contributed by atoms with E-state index in [4.69, 9.17) is 9.47 Å². The van der Waals surface area contributed by atoms with Crippen LogP contribution < -0.4 is 14.8 Å². The Morgan fingerprint density at radius 3 is 2.50 bits per heavy atom. The van der Waals surface area contributed by atoms with E-state index < -0.39 is 0 Å². The molecule has 1 N–H and O–H groups in total. The number of carbonyl (C=O) groups is 1. The molecular formula is C16H21ClN2O3. The van der Waals surface area contributed by atoms with E-state index in [2.05, 4.69) is 5.32 Å². The highest BCUT2D eigenvalue weighted by molar-refractivity contribution is 5.95. The van der Waals surface area contributed by atoms with Crippen LogP contribution >= 0.6 is 12.4 Å². The smallest absolute Gasteiger partial charge is 0.253 e. The molecule has 0 radical (unpaired) electrons. The molecule has 0 saturated carbocycles. The molecule has 4 rings (SSSR count). The van der Waals surface area contributed by atoms with Crippen molar-refractivity contribution in [2.24, 2.45) is 11.8 Å². The van der Waals surface area contributed by atoms with Gasteiger partial charge < -0.3 is 19.7 Å². The number of nitrogens with zero attached hydrogens (tertiary/aromatic N) is 1. The number of amides is 1. The van der Waals surface area contributed by atoms with Crippen molar-refractivity contribution in [3.8, 4) is 11.5 Å². The summed E-state index contributed by atoms with van der Waals surface area (Å²) in [7, 11) is 0. The minimum absolute atomic E-state index is 0. The molecule has 1 aromatic carbocycles. The maximum Gasteiger partial charge on any atom is 0.253 e. The number of ether oxygens (including phenoxy) is 2. The lowest BCUT2D eigenvalue weighted by Crippen LogP contribution is -2.32. The lowest BCUT2D eigenvalue weighted by atomic mass is 9.92. The highest BCUT2D eigenvalue weighted by Gasteiger charge is 2.31. The Morgan fingerprint density at radius 1 is 1.09 bits per heavy atom. The number of hydrogen-bond acceptors (Lipinski definition) is 4. The number of nitrogens with one attached hydrogen (secondary N) is 1. The molecule has 0 bridgehead atoms. The Balaban J connectivity index is 0.00000144. The van der Waals surface area contributed by atoms with Crippen LogP contribution in [-0.4, -0.2) is 43.8 Å². The summed E-state index contributed by atoms with van der Waals surface area (Å²) in [6, 6.07) is 5.47. The minimum Gasteiger partial charge on any atom is -0.454 e. The van der Waals surface area contributed by atoms with Crippen molar-refractivity contribution >= 4 is 18.3 Å². The van der Waals surface area contributed by atoms with Crippen molar-refractivity contribution in [1.29, 1.82) is 0 Å².